The highest BCUT2D eigenvalue weighted by Crippen LogP contribution is 2.29. The largest absolute Gasteiger partial charge is 0.477 e. The molecule has 0 aliphatic carbocycles. The SMILES string of the molecule is COCc1[nH]c(C(=O)NC2CCN(c3nc(C)c(C(=O)O)s3)CC2OC)nc1C. The van der Waals surface area contributed by atoms with Crippen LogP contribution >= 0.6 is 11.3 Å². The van der Waals surface area contributed by atoms with Crippen LogP contribution in [0.3, 0.4) is 0 Å². The molecule has 2 aromatic heterocycles. The summed E-state index contributed by atoms with van der Waals surface area (Å²) in [6, 6.07) is -0.194. The molecule has 0 aromatic carbocycles. The number of hydrogen-bond donors (Lipinski definition) is 3. The molecule has 11 heteroatoms. The molecule has 1 saturated heterocycles. The lowest BCUT2D eigenvalue weighted by Gasteiger charge is -2.37. The van der Waals surface area contributed by atoms with Crippen LogP contribution in [-0.2, 0) is 16.1 Å². The number of rotatable bonds is 7. The van der Waals surface area contributed by atoms with Gasteiger partial charge in [0.1, 0.15) is 4.88 Å². The predicted molar refractivity (Wildman–Crippen MR) is 107 cm³/mol. The second-order valence-corrected chi connectivity index (χ2v) is 7.86. The van der Waals surface area contributed by atoms with Gasteiger partial charge in [0, 0.05) is 27.3 Å². The van der Waals surface area contributed by atoms with E-state index in [1.54, 1.807) is 21.1 Å². The zero-order chi connectivity index (χ0) is 21.1. The molecule has 1 aliphatic rings. The Labute approximate surface area is 172 Å². The Morgan fingerprint density at radius 3 is 2.69 bits per heavy atom. The van der Waals surface area contributed by atoms with Crippen LogP contribution in [-0.4, -0.2) is 71.4 Å². The van der Waals surface area contributed by atoms with E-state index in [2.05, 4.69) is 20.3 Å². The molecule has 1 amide bonds. The number of nitrogens with zero attached hydrogens (tertiary/aromatic N) is 3. The van der Waals surface area contributed by atoms with E-state index < -0.39 is 5.97 Å². The van der Waals surface area contributed by atoms with Crippen molar-refractivity contribution in [2.24, 2.45) is 0 Å². The van der Waals surface area contributed by atoms with Gasteiger partial charge in [0.2, 0.25) is 0 Å². The quantitative estimate of drug-likeness (QED) is 0.609. The smallest absolute Gasteiger partial charge is 0.347 e. The second kappa shape index (κ2) is 8.89. The van der Waals surface area contributed by atoms with Gasteiger partial charge in [0.25, 0.3) is 5.91 Å². The molecule has 3 heterocycles. The van der Waals surface area contributed by atoms with Gasteiger partial charge in [-0.25, -0.2) is 14.8 Å². The molecule has 0 radical (unpaired) electrons. The number of thiazole rings is 1. The Hall–Kier alpha value is -2.50. The third-order valence-corrected chi connectivity index (χ3v) is 6.12. The van der Waals surface area contributed by atoms with Crippen molar-refractivity contribution < 1.29 is 24.2 Å². The fraction of sp³-hybridized carbons (Fsp3) is 0.556. The van der Waals surface area contributed by atoms with Crippen molar-refractivity contribution >= 4 is 28.3 Å². The first-order valence-electron chi connectivity index (χ1n) is 9.17. The zero-order valence-corrected chi connectivity index (χ0v) is 17.6. The van der Waals surface area contributed by atoms with Gasteiger partial charge in [0.05, 0.1) is 35.8 Å². The molecular weight excluding hydrogens is 398 g/mol. The Kier molecular flexibility index (Phi) is 6.50. The number of anilines is 1. The Morgan fingerprint density at radius 1 is 1.31 bits per heavy atom. The number of hydrogen-bond acceptors (Lipinski definition) is 8. The number of ether oxygens (including phenoxy) is 2. The summed E-state index contributed by atoms with van der Waals surface area (Å²) < 4.78 is 10.7. The minimum absolute atomic E-state index is 0.194. The highest BCUT2D eigenvalue weighted by Gasteiger charge is 2.33. The molecule has 2 atom stereocenters. The van der Waals surface area contributed by atoms with Crippen LogP contribution in [0.2, 0.25) is 0 Å². The monoisotopic (exact) mass is 423 g/mol. The number of aromatic amines is 1. The van der Waals surface area contributed by atoms with Crippen LogP contribution in [0.1, 0.15) is 43.8 Å². The van der Waals surface area contributed by atoms with Gasteiger partial charge in [0.15, 0.2) is 11.0 Å². The lowest BCUT2D eigenvalue weighted by Crippen LogP contribution is -2.55. The molecule has 0 spiro atoms. The number of methoxy groups -OCH3 is 2. The maximum Gasteiger partial charge on any atom is 0.347 e. The first-order valence-corrected chi connectivity index (χ1v) is 9.99. The minimum atomic E-state index is -0.974. The number of imidazole rings is 1. The van der Waals surface area contributed by atoms with Gasteiger partial charge >= 0.3 is 5.97 Å². The number of nitrogens with one attached hydrogen (secondary N) is 2. The van der Waals surface area contributed by atoms with E-state index in [-0.39, 0.29) is 28.8 Å². The number of piperidine rings is 1. The summed E-state index contributed by atoms with van der Waals surface area (Å²) in [5, 5.41) is 12.9. The van der Waals surface area contributed by atoms with Crippen LogP contribution in [0.4, 0.5) is 5.13 Å². The molecule has 2 aromatic rings. The van der Waals surface area contributed by atoms with Crippen molar-refractivity contribution in [1.29, 1.82) is 0 Å². The number of amides is 1. The van der Waals surface area contributed by atoms with E-state index in [4.69, 9.17) is 9.47 Å². The minimum Gasteiger partial charge on any atom is -0.477 e. The third-order valence-electron chi connectivity index (χ3n) is 4.92. The van der Waals surface area contributed by atoms with Gasteiger partial charge in [-0.05, 0) is 20.3 Å². The van der Waals surface area contributed by atoms with Crippen molar-refractivity contribution in [1.82, 2.24) is 20.3 Å². The molecule has 2 unspecified atom stereocenters. The van der Waals surface area contributed by atoms with Crippen LogP contribution in [0.25, 0.3) is 0 Å². The summed E-state index contributed by atoms with van der Waals surface area (Å²) in [6.45, 7) is 4.99. The molecule has 158 valence electrons. The molecule has 10 nitrogen and oxygen atoms in total. The Balaban J connectivity index is 1.67. The van der Waals surface area contributed by atoms with Crippen LogP contribution in [0, 0.1) is 13.8 Å². The maximum absolute atomic E-state index is 12.6. The molecule has 0 bridgehead atoms. The van der Waals surface area contributed by atoms with Crippen molar-refractivity contribution in [3.63, 3.8) is 0 Å². The summed E-state index contributed by atoms with van der Waals surface area (Å²) in [5.74, 6) is -1.03. The average molecular weight is 423 g/mol. The summed E-state index contributed by atoms with van der Waals surface area (Å²) in [6.07, 6.45) is 0.371. The van der Waals surface area contributed by atoms with E-state index in [0.29, 0.717) is 36.9 Å². The maximum atomic E-state index is 12.6. The molecule has 1 aliphatic heterocycles. The molecule has 3 rings (SSSR count). The number of H-pyrrole nitrogens is 1. The standard InChI is InChI=1S/C18H25N5O5S/c1-9-12(8-27-3)21-15(19-9)16(24)22-11-5-6-23(7-13(11)28-4)18-20-10(2)14(29-18)17(25)26/h11,13H,5-8H2,1-4H3,(H,19,21)(H,22,24)(H,25,26). The first-order chi connectivity index (χ1) is 13.8. The van der Waals surface area contributed by atoms with E-state index in [1.807, 2.05) is 11.8 Å². The fourth-order valence-electron chi connectivity index (χ4n) is 3.34. The summed E-state index contributed by atoms with van der Waals surface area (Å²) >= 11 is 1.15. The number of carbonyl (C=O) groups excluding carboxylic acids is 1. The van der Waals surface area contributed by atoms with Crippen molar-refractivity contribution in [3.05, 3.63) is 27.8 Å². The molecule has 3 N–H and O–H groups in total. The van der Waals surface area contributed by atoms with Gasteiger partial charge in [-0.3, -0.25) is 4.79 Å². The molecule has 0 saturated carbocycles. The number of carbonyl (C=O) groups is 2. The second-order valence-electron chi connectivity index (χ2n) is 6.89. The van der Waals surface area contributed by atoms with Gasteiger partial charge in [-0.1, -0.05) is 11.3 Å². The molecule has 29 heavy (non-hydrogen) atoms. The summed E-state index contributed by atoms with van der Waals surface area (Å²) in [5.41, 5.74) is 1.99. The van der Waals surface area contributed by atoms with Crippen LogP contribution in [0.15, 0.2) is 0 Å². The number of aromatic carboxylic acids is 1. The topological polar surface area (TPSA) is 130 Å². The van der Waals surface area contributed by atoms with E-state index >= 15 is 0 Å². The van der Waals surface area contributed by atoms with E-state index in [1.165, 1.54) is 0 Å². The van der Waals surface area contributed by atoms with Crippen molar-refractivity contribution in [2.45, 2.75) is 39.0 Å². The summed E-state index contributed by atoms with van der Waals surface area (Å²) in [7, 11) is 3.18. The summed E-state index contributed by atoms with van der Waals surface area (Å²) in [4.78, 5) is 37.8. The Morgan fingerprint density at radius 2 is 2.07 bits per heavy atom. The normalized spacial score (nSPS) is 19.4. The Bertz CT molecular complexity index is 895. The number of carboxylic acid groups (broad SMARTS) is 1. The van der Waals surface area contributed by atoms with Crippen molar-refractivity contribution in [3.8, 4) is 0 Å². The predicted octanol–water partition coefficient (Wildman–Crippen LogP) is 1.35. The number of carboxylic acids is 1. The third kappa shape index (κ3) is 4.57. The fourth-order valence-corrected chi connectivity index (χ4v) is 4.28. The van der Waals surface area contributed by atoms with Gasteiger partial charge in [-0.15, -0.1) is 0 Å². The number of aryl methyl sites for hydroxylation is 2. The first kappa shape index (κ1) is 21.2. The number of aromatic nitrogens is 3. The highest BCUT2D eigenvalue weighted by atomic mass is 32.1. The van der Waals surface area contributed by atoms with Crippen LogP contribution < -0.4 is 10.2 Å². The lowest BCUT2D eigenvalue weighted by molar-refractivity contribution is 0.0538. The molecular formula is C18H25N5O5S. The average Bonchev–Trinajstić information content (AvgIpc) is 3.25. The molecule has 1 fully saturated rings. The van der Waals surface area contributed by atoms with E-state index in [9.17, 15) is 14.7 Å². The van der Waals surface area contributed by atoms with Crippen molar-refractivity contribution in [2.75, 3.05) is 32.2 Å². The highest BCUT2D eigenvalue weighted by molar-refractivity contribution is 7.17. The van der Waals surface area contributed by atoms with Crippen LogP contribution in [0.5, 0.6) is 0 Å². The lowest BCUT2D eigenvalue weighted by atomic mass is 10.0. The van der Waals surface area contributed by atoms with Gasteiger partial charge < -0.3 is 29.8 Å². The zero-order valence-electron chi connectivity index (χ0n) is 16.8. The van der Waals surface area contributed by atoms with E-state index in [0.717, 1.165) is 22.7 Å². The van der Waals surface area contributed by atoms with Gasteiger partial charge in [-0.2, -0.15) is 0 Å².